The fraction of sp³-hybridized carbons (Fsp3) is 0.421. The van der Waals surface area contributed by atoms with E-state index in [-0.39, 0.29) is 34.0 Å². The van der Waals surface area contributed by atoms with Gasteiger partial charge >= 0.3 is 6.18 Å². The molecule has 0 aromatic carbocycles. The second-order valence-corrected chi connectivity index (χ2v) is 9.64. The molecule has 1 N–H and O–H groups in total. The lowest BCUT2D eigenvalue weighted by molar-refractivity contribution is -0.145. The summed E-state index contributed by atoms with van der Waals surface area (Å²) in [5.41, 5.74) is -0.0726. The standard InChI is InChI=1S/C19H19F3N6O2S2/c1-27-6-10(7-27)16(30)23-5-11-3-4-14(32-11)13(29)9-31-17-12-8-28(2)26-15(12)24-18(25-17)19(20,21)22/h3-4,8,10H,5-7,9H2,1-2H3,(H,23,30). The Bertz CT molecular complexity index is 1170. The largest absolute Gasteiger partial charge is 0.451 e. The van der Waals surface area contributed by atoms with E-state index < -0.39 is 12.0 Å². The number of nitrogens with zero attached hydrogens (tertiary/aromatic N) is 5. The minimum absolute atomic E-state index is 0.00349. The molecule has 4 heterocycles. The zero-order valence-electron chi connectivity index (χ0n) is 17.1. The van der Waals surface area contributed by atoms with Gasteiger partial charge in [-0.1, -0.05) is 11.8 Å². The zero-order valence-corrected chi connectivity index (χ0v) is 18.8. The van der Waals surface area contributed by atoms with E-state index in [0.29, 0.717) is 16.8 Å². The van der Waals surface area contributed by atoms with Gasteiger partial charge in [0.2, 0.25) is 11.7 Å². The van der Waals surface area contributed by atoms with Crippen LogP contribution in [0.25, 0.3) is 11.0 Å². The van der Waals surface area contributed by atoms with E-state index in [9.17, 15) is 22.8 Å². The van der Waals surface area contributed by atoms with Crippen molar-refractivity contribution in [3.05, 3.63) is 33.9 Å². The second kappa shape index (κ2) is 8.79. The quantitative estimate of drug-likeness (QED) is 0.313. The molecule has 32 heavy (non-hydrogen) atoms. The Labute approximate surface area is 189 Å². The maximum absolute atomic E-state index is 13.1. The molecule has 13 heteroatoms. The molecule has 0 aliphatic carbocycles. The third kappa shape index (κ3) is 4.94. The normalized spacial score (nSPS) is 15.2. The van der Waals surface area contributed by atoms with Gasteiger partial charge in [0.1, 0.15) is 5.03 Å². The first-order valence-electron chi connectivity index (χ1n) is 9.59. The van der Waals surface area contributed by atoms with Gasteiger partial charge in [-0.15, -0.1) is 11.3 Å². The Kier molecular flexibility index (Phi) is 6.23. The first-order valence-corrected chi connectivity index (χ1v) is 11.4. The lowest BCUT2D eigenvalue weighted by atomic mass is 10.0. The first-order chi connectivity index (χ1) is 15.1. The smallest absolute Gasteiger partial charge is 0.351 e. The molecule has 3 aromatic rings. The van der Waals surface area contributed by atoms with Gasteiger partial charge in [0, 0.05) is 31.2 Å². The third-order valence-corrected chi connectivity index (χ3v) is 6.98. The van der Waals surface area contributed by atoms with Crippen LogP contribution in [0.4, 0.5) is 13.2 Å². The van der Waals surface area contributed by atoms with Gasteiger partial charge in [-0.25, -0.2) is 9.97 Å². The highest BCUT2D eigenvalue weighted by Crippen LogP contribution is 2.32. The summed E-state index contributed by atoms with van der Waals surface area (Å²) in [4.78, 5) is 35.1. The van der Waals surface area contributed by atoms with Crippen molar-refractivity contribution in [2.24, 2.45) is 13.0 Å². The number of hydrogen-bond acceptors (Lipinski definition) is 8. The number of Topliss-reactive ketones (excluding diaryl/α,β-unsaturated/α-hetero) is 1. The molecule has 170 valence electrons. The van der Waals surface area contributed by atoms with E-state index in [1.54, 1.807) is 19.2 Å². The molecule has 1 amide bonds. The molecular weight excluding hydrogens is 465 g/mol. The number of nitrogens with one attached hydrogen (secondary N) is 1. The topological polar surface area (TPSA) is 93.0 Å². The highest BCUT2D eigenvalue weighted by molar-refractivity contribution is 8.00. The number of thioether (sulfide) groups is 1. The molecule has 0 spiro atoms. The number of likely N-dealkylation sites (tertiary alicyclic amines) is 1. The van der Waals surface area contributed by atoms with Crippen molar-refractivity contribution in [3.63, 3.8) is 0 Å². The highest BCUT2D eigenvalue weighted by Gasteiger charge is 2.36. The fourth-order valence-corrected chi connectivity index (χ4v) is 5.09. The molecule has 1 aliphatic rings. The van der Waals surface area contributed by atoms with Crippen molar-refractivity contribution in [1.82, 2.24) is 30.0 Å². The molecule has 0 atom stereocenters. The highest BCUT2D eigenvalue weighted by atomic mass is 32.2. The number of carbonyl (C=O) groups is 2. The van der Waals surface area contributed by atoms with E-state index in [0.717, 1.165) is 29.7 Å². The van der Waals surface area contributed by atoms with Gasteiger partial charge in [-0.2, -0.15) is 18.3 Å². The fourth-order valence-electron chi connectivity index (χ4n) is 3.24. The van der Waals surface area contributed by atoms with Crippen molar-refractivity contribution >= 4 is 45.8 Å². The number of hydrogen-bond donors (Lipinski definition) is 1. The van der Waals surface area contributed by atoms with Crippen molar-refractivity contribution in [1.29, 1.82) is 0 Å². The van der Waals surface area contributed by atoms with Crippen LogP contribution in [0.2, 0.25) is 0 Å². The molecule has 3 aromatic heterocycles. The summed E-state index contributed by atoms with van der Waals surface area (Å²) < 4.78 is 40.7. The van der Waals surface area contributed by atoms with E-state index in [1.165, 1.54) is 22.2 Å². The molecular formula is C19H19F3N6O2S2. The van der Waals surface area contributed by atoms with Crippen LogP contribution < -0.4 is 5.32 Å². The number of alkyl halides is 3. The SMILES string of the molecule is CN1CC(C(=O)NCc2ccc(C(=O)CSc3nc(C(F)(F)F)nc4nn(C)cc34)s2)C1. The first kappa shape index (κ1) is 22.7. The molecule has 1 saturated heterocycles. The predicted molar refractivity (Wildman–Crippen MR) is 114 cm³/mol. The van der Waals surface area contributed by atoms with Gasteiger partial charge < -0.3 is 10.2 Å². The molecule has 4 rings (SSSR count). The summed E-state index contributed by atoms with van der Waals surface area (Å²) in [6, 6.07) is 3.43. The third-order valence-electron chi connectivity index (χ3n) is 4.86. The maximum Gasteiger partial charge on any atom is 0.451 e. The van der Waals surface area contributed by atoms with Crippen LogP contribution in [0.15, 0.2) is 23.4 Å². The van der Waals surface area contributed by atoms with Gasteiger partial charge in [-0.3, -0.25) is 14.3 Å². The number of halogens is 3. The Balaban J connectivity index is 1.40. The zero-order chi connectivity index (χ0) is 23.0. The number of aromatic nitrogens is 4. The molecule has 1 aliphatic heterocycles. The summed E-state index contributed by atoms with van der Waals surface area (Å²) in [5.74, 6) is -1.62. The number of carbonyl (C=O) groups excluding carboxylic acids is 2. The minimum atomic E-state index is -4.72. The lowest BCUT2D eigenvalue weighted by Gasteiger charge is -2.34. The van der Waals surface area contributed by atoms with Gasteiger partial charge in [0.25, 0.3) is 0 Å². The molecule has 0 bridgehead atoms. The van der Waals surface area contributed by atoms with E-state index in [1.807, 2.05) is 7.05 Å². The lowest BCUT2D eigenvalue weighted by Crippen LogP contribution is -2.51. The van der Waals surface area contributed by atoms with Crippen molar-refractivity contribution in [2.75, 3.05) is 25.9 Å². The summed E-state index contributed by atoms with van der Waals surface area (Å²) in [6.45, 7) is 1.81. The number of fused-ring (bicyclic) bond motifs is 1. The summed E-state index contributed by atoms with van der Waals surface area (Å²) in [5, 5.41) is 7.21. The molecule has 0 unspecified atom stereocenters. The molecule has 0 saturated carbocycles. The van der Waals surface area contributed by atoms with Crippen LogP contribution >= 0.6 is 23.1 Å². The van der Waals surface area contributed by atoms with Crippen LogP contribution in [-0.4, -0.2) is 62.2 Å². The van der Waals surface area contributed by atoms with Crippen LogP contribution in [0.5, 0.6) is 0 Å². The summed E-state index contributed by atoms with van der Waals surface area (Å²) in [7, 11) is 3.52. The Hall–Kier alpha value is -2.51. The van der Waals surface area contributed by atoms with Gasteiger partial charge in [0.05, 0.1) is 28.5 Å². The minimum Gasteiger partial charge on any atom is -0.351 e. The van der Waals surface area contributed by atoms with E-state index >= 15 is 0 Å². The molecule has 1 fully saturated rings. The number of amides is 1. The molecule has 0 radical (unpaired) electrons. The van der Waals surface area contributed by atoms with Gasteiger partial charge in [0.15, 0.2) is 11.4 Å². The maximum atomic E-state index is 13.1. The number of ketones is 1. The van der Waals surface area contributed by atoms with Crippen LogP contribution in [0.1, 0.15) is 20.4 Å². The summed E-state index contributed by atoms with van der Waals surface area (Å²) >= 11 is 2.17. The molecule has 8 nitrogen and oxygen atoms in total. The van der Waals surface area contributed by atoms with Gasteiger partial charge in [-0.05, 0) is 19.2 Å². The Morgan fingerprint density at radius 3 is 2.69 bits per heavy atom. The van der Waals surface area contributed by atoms with Crippen molar-refractivity contribution in [3.8, 4) is 0 Å². The number of thiophene rings is 1. The Morgan fingerprint density at radius 2 is 2.00 bits per heavy atom. The Morgan fingerprint density at radius 1 is 1.25 bits per heavy atom. The van der Waals surface area contributed by atoms with Crippen LogP contribution in [-0.2, 0) is 24.6 Å². The number of rotatable bonds is 7. The van der Waals surface area contributed by atoms with Crippen LogP contribution in [0, 0.1) is 5.92 Å². The average Bonchev–Trinajstić information content (AvgIpc) is 3.32. The predicted octanol–water partition coefficient (Wildman–Crippen LogP) is 2.60. The van der Waals surface area contributed by atoms with Crippen molar-refractivity contribution < 1.29 is 22.8 Å². The van der Waals surface area contributed by atoms with E-state index in [2.05, 4.69) is 25.3 Å². The van der Waals surface area contributed by atoms with E-state index in [4.69, 9.17) is 0 Å². The number of aryl methyl sites for hydroxylation is 1. The monoisotopic (exact) mass is 484 g/mol. The second-order valence-electron chi connectivity index (χ2n) is 7.50. The average molecular weight is 485 g/mol. The van der Waals surface area contributed by atoms with Crippen molar-refractivity contribution in [2.45, 2.75) is 17.7 Å². The van der Waals surface area contributed by atoms with Crippen LogP contribution in [0.3, 0.4) is 0 Å². The summed E-state index contributed by atoms with van der Waals surface area (Å²) in [6.07, 6.45) is -3.19.